The summed E-state index contributed by atoms with van der Waals surface area (Å²) in [6.45, 7) is 5.32. The summed E-state index contributed by atoms with van der Waals surface area (Å²) in [6.07, 6.45) is 2.72. The quantitative estimate of drug-likeness (QED) is 0.638. The summed E-state index contributed by atoms with van der Waals surface area (Å²) in [6, 6.07) is 11.4. The maximum Gasteiger partial charge on any atom is 0.411 e. The Labute approximate surface area is 196 Å². The summed E-state index contributed by atoms with van der Waals surface area (Å²) < 4.78 is 21.7. The number of pyridine rings is 2. The number of benzene rings is 1. The molecule has 2 amide bonds. The van der Waals surface area contributed by atoms with E-state index in [1.807, 2.05) is 6.07 Å². The molecule has 1 N–H and O–H groups in total. The standard InChI is InChI=1S/C25H25FN4O4/c1-25(2,3)34-24(33)30-15-20-16(7-6-11-27-20)13-21(30)23(32)28-19-10-9-17(14-18(19)26)29-12-5-4-8-22(29)31/h4-12,14,21H,13,15H2,1-3H3,(H,28,32). The number of aromatic nitrogens is 2. The highest BCUT2D eigenvalue weighted by Crippen LogP contribution is 2.26. The van der Waals surface area contributed by atoms with Gasteiger partial charge in [-0.05, 0) is 50.6 Å². The SMILES string of the molecule is CC(C)(C)OC(=O)N1Cc2ncccc2CC1C(=O)Nc1ccc(-n2ccccc2=O)cc1F. The second-order valence-electron chi connectivity index (χ2n) is 9.00. The van der Waals surface area contributed by atoms with Crippen molar-refractivity contribution in [3.05, 3.63) is 88.4 Å². The summed E-state index contributed by atoms with van der Waals surface area (Å²) in [5.41, 5.74) is 0.733. The third kappa shape index (κ3) is 4.98. The zero-order valence-corrected chi connectivity index (χ0v) is 19.1. The van der Waals surface area contributed by atoms with Crippen LogP contribution >= 0.6 is 0 Å². The first-order chi connectivity index (χ1) is 16.1. The Kier molecular flexibility index (Phi) is 6.19. The number of fused-ring (bicyclic) bond motifs is 1. The third-order valence-corrected chi connectivity index (χ3v) is 5.34. The number of ether oxygens (including phenoxy) is 1. The van der Waals surface area contributed by atoms with E-state index < -0.39 is 29.5 Å². The average molecular weight is 464 g/mol. The maximum absolute atomic E-state index is 14.9. The van der Waals surface area contributed by atoms with Crippen molar-refractivity contribution in [3.8, 4) is 5.69 Å². The molecule has 1 unspecified atom stereocenters. The van der Waals surface area contributed by atoms with Gasteiger partial charge in [-0.15, -0.1) is 0 Å². The van der Waals surface area contributed by atoms with Gasteiger partial charge in [-0.25, -0.2) is 9.18 Å². The molecule has 34 heavy (non-hydrogen) atoms. The number of nitrogens with zero attached hydrogens (tertiary/aromatic N) is 3. The zero-order chi connectivity index (χ0) is 24.5. The average Bonchev–Trinajstić information content (AvgIpc) is 2.78. The van der Waals surface area contributed by atoms with Crippen LogP contribution in [0.3, 0.4) is 0 Å². The van der Waals surface area contributed by atoms with Gasteiger partial charge in [-0.3, -0.25) is 24.0 Å². The first-order valence-electron chi connectivity index (χ1n) is 10.8. The fourth-order valence-electron chi connectivity index (χ4n) is 3.75. The topological polar surface area (TPSA) is 93.5 Å². The monoisotopic (exact) mass is 464 g/mol. The van der Waals surface area contributed by atoms with E-state index >= 15 is 0 Å². The highest BCUT2D eigenvalue weighted by atomic mass is 19.1. The molecule has 176 valence electrons. The van der Waals surface area contributed by atoms with Gasteiger partial charge in [0, 0.05) is 30.9 Å². The molecule has 4 rings (SSSR count). The highest BCUT2D eigenvalue weighted by Gasteiger charge is 2.37. The highest BCUT2D eigenvalue weighted by molar-refractivity contribution is 5.97. The van der Waals surface area contributed by atoms with E-state index in [0.29, 0.717) is 11.4 Å². The van der Waals surface area contributed by atoms with Crippen LogP contribution in [-0.4, -0.2) is 38.1 Å². The molecule has 0 saturated carbocycles. The first-order valence-corrected chi connectivity index (χ1v) is 10.8. The predicted octanol–water partition coefficient (Wildman–Crippen LogP) is 3.67. The normalized spacial score (nSPS) is 15.4. The van der Waals surface area contributed by atoms with Crippen LogP contribution in [-0.2, 0) is 22.5 Å². The van der Waals surface area contributed by atoms with Crippen LogP contribution in [0, 0.1) is 5.82 Å². The molecular weight excluding hydrogens is 439 g/mol. The number of rotatable bonds is 3. The fraction of sp³-hybridized carbons (Fsp3) is 0.280. The molecule has 9 heteroatoms. The van der Waals surface area contributed by atoms with Gasteiger partial charge in [0.05, 0.1) is 23.6 Å². The minimum atomic E-state index is -0.914. The van der Waals surface area contributed by atoms with Crippen molar-refractivity contribution in [1.29, 1.82) is 0 Å². The summed E-state index contributed by atoms with van der Waals surface area (Å²) in [5.74, 6) is -1.26. The Morgan fingerprint density at radius 3 is 2.65 bits per heavy atom. The second kappa shape index (κ2) is 9.09. The number of amides is 2. The minimum Gasteiger partial charge on any atom is -0.444 e. The van der Waals surface area contributed by atoms with E-state index in [2.05, 4.69) is 10.3 Å². The lowest BCUT2D eigenvalue weighted by Crippen LogP contribution is -2.52. The number of anilines is 1. The van der Waals surface area contributed by atoms with Gasteiger partial charge in [0.15, 0.2) is 0 Å². The molecule has 0 radical (unpaired) electrons. The number of carbonyl (C=O) groups is 2. The second-order valence-corrected chi connectivity index (χ2v) is 9.00. The van der Waals surface area contributed by atoms with Crippen LogP contribution in [0.25, 0.3) is 5.69 Å². The maximum atomic E-state index is 14.9. The Morgan fingerprint density at radius 1 is 1.15 bits per heavy atom. The summed E-state index contributed by atoms with van der Waals surface area (Å²) in [4.78, 5) is 43.7. The molecule has 8 nitrogen and oxygen atoms in total. The van der Waals surface area contributed by atoms with Crippen molar-refractivity contribution in [2.75, 3.05) is 5.32 Å². The van der Waals surface area contributed by atoms with Crippen molar-refractivity contribution in [2.24, 2.45) is 0 Å². The van der Waals surface area contributed by atoms with Crippen molar-refractivity contribution in [3.63, 3.8) is 0 Å². The van der Waals surface area contributed by atoms with Gasteiger partial charge < -0.3 is 10.1 Å². The van der Waals surface area contributed by atoms with Crippen molar-refractivity contribution in [1.82, 2.24) is 14.5 Å². The van der Waals surface area contributed by atoms with E-state index in [9.17, 15) is 18.8 Å². The predicted molar refractivity (Wildman–Crippen MR) is 124 cm³/mol. The van der Waals surface area contributed by atoms with Gasteiger partial charge >= 0.3 is 6.09 Å². The minimum absolute atomic E-state index is 0.0566. The van der Waals surface area contributed by atoms with Crippen molar-refractivity contribution < 1.29 is 18.7 Å². The van der Waals surface area contributed by atoms with Gasteiger partial charge in [0.25, 0.3) is 5.56 Å². The van der Waals surface area contributed by atoms with Crippen LogP contribution in [0.2, 0.25) is 0 Å². The van der Waals surface area contributed by atoms with E-state index in [1.165, 1.54) is 39.9 Å². The summed E-state index contributed by atoms with van der Waals surface area (Å²) in [7, 11) is 0. The van der Waals surface area contributed by atoms with Crippen LogP contribution in [0.15, 0.2) is 65.7 Å². The van der Waals surface area contributed by atoms with Crippen molar-refractivity contribution in [2.45, 2.75) is 45.4 Å². The molecule has 1 aromatic carbocycles. The zero-order valence-electron chi connectivity index (χ0n) is 19.1. The van der Waals surface area contributed by atoms with Gasteiger partial charge in [0.1, 0.15) is 17.5 Å². The van der Waals surface area contributed by atoms with Crippen LogP contribution in [0.4, 0.5) is 14.9 Å². The Bertz CT molecular complexity index is 1300. The van der Waals surface area contributed by atoms with E-state index in [0.717, 1.165) is 5.56 Å². The van der Waals surface area contributed by atoms with E-state index in [4.69, 9.17) is 4.74 Å². The molecule has 2 aromatic heterocycles. The Hall–Kier alpha value is -4.01. The molecule has 0 fully saturated rings. The first kappa shape index (κ1) is 23.2. The number of carbonyl (C=O) groups excluding carboxylic acids is 2. The number of nitrogens with one attached hydrogen (secondary N) is 1. The number of hydrogen-bond acceptors (Lipinski definition) is 5. The van der Waals surface area contributed by atoms with E-state index in [-0.39, 0.29) is 24.2 Å². The molecule has 0 bridgehead atoms. The van der Waals surface area contributed by atoms with Gasteiger partial charge in [-0.1, -0.05) is 12.1 Å². The largest absolute Gasteiger partial charge is 0.444 e. The Balaban J connectivity index is 1.59. The molecule has 0 spiro atoms. The van der Waals surface area contributed by atoms with Crippen LogP contribution in [0.1, 0.15) is 32.0 Å². The smallest absolute Gasteiger partial charge is 0.411 e. The molecule has 1 aliphatic rings. The molecule has 0 saturated heterocycles. The molecule has 1 aliphatic heterocycles. The Morgan fingerprint density at radius 2 is 1.94 bits per heavy atom. The fourth-order valence-corrected chi connectivity index (χ4v) is 3.75. The molecule has 0 aliphatic carbocycles. The van der Waals surface area contributed by atoms with Crippen LogP contribution < -0.4 is 10.9 Å². The summed E-state index contributed by atoms with van der Waals surface area (Å²) >= 11 is 0. The molecule has 1 atom stereocenters. The molecule has 3 heterocycles. The number of halogens is 1. The number of hydrogen-bond donors (Lipinski definition) is 1. The van der Waals surface area contributed by atoms with Gasteiger partial charge in [-0.2, -0.15) is 0 Å². The van der Waals surface area contributed by atoms with Crippen molar-refractivity contribution >= 4 is 17.7 Å². The molecule has 3 aromatic rings. The lowest BCUT2D eigenvalue weighted by Gasteiger charge is -2.36. The van der Waals surface area contributed by atoms with Gasteiger partial charge in [0.2, 0.25) is 5.91 Å². The molecular formula is C25H25FN4O4. The third-order valence-electron chi connectivity index (χ3n) is 5.34. The lowest BCUT2D eigenvalue weighted by molar-refractivity contribution is -0.122. The van der Waals surface area contributed by atoms with E-state index in [1.54, 1.807) is 45.2 Å². The summed E-state index contributed by atoms with van der Waals surface area (Å²) in [5, 5.41) is 2.58. The lowest BCUT2D eigenvalue weighted by atomic mass is 9.97. The van der Waals surface area contributed by atoms with Crippen LogP contribution in [0.5, 0.6) is 0 Å².